The molecule has 1 aromatic rings. The van der Waals surface area contributed by atoms with Gasteiger partial charge in [0.2, 0.25) is 0 Å². The lowest BCUT2D eigenvalue weighted by Crippen LogP contribution is -2.30. The molecule has 0 saturated heterocycles. The molecule has 3 nitrogen and oxygen atoms in total. The fourth-order valence-corrected chi connectivity index (χ4v) is 1.94. The van der Waals surface area contributed by atoms with E-state index in [0.29, 0.717) is 15.6 Å². The zero-order valence-corrected chi connectivity index (χ0v) is 9.92. The molecule has 0 heterocycles. The Morgan fingerprint density at radius 2 is 2.12 bits per heavy atom. The second-order valence-corrected chi connectivity index (χ2v) is 4.64. The molecular weight excluding hydrogens is 249 g/mol. The topological polar surface area (TPSA) is 49.3 Å². The number of hydrogen-bond acceptors (Lipinski definition) is 2. The summed E-state index contributed by atoms with van der Waals surface area (Å²) in [5.41, 5.74) is 0.522. The average molecular weight is 260 g/mol. The molecule has 2 rings (SSSR count). The van der Waals surface area contributed by atoms with Gasteiger partial charge in [-0.05, 0) is 18.9 Å². The minimum Gasteiger partial charge on any atom is -0.480 e. The van der Waals surface area contributed by atoms with Crippen LogP contribution in [0.2, 0.25) is 10.0 Å². The van der Waals surface area contributed by atoms with Crippen molar-refractivity contribution in [3.63, 3.8) is 0 Å². The van der Waals surface area contributed by atoms with Crippen LogP contribution in [0.4, 0.5) is 0 Å². The maximum absolute atomic E-state index is 11.2. The number of aliphatic carboxylic acids is 1. The molecular formula is C11H11Cl2NO2. The van der Waals surface area contributed by atoms with Crippen molar-refractivity contribution in [2.45, 2.75) is 24.9 Å². The fraction of sp³-hybridized carbons (Fsp3) is 0.364. The van der Waals surface area contributed by atoms with Gasteiger partial charge in [0.25, 0.3) is 0 Å². The second kappa shape index (κ2) is 4.62. The van der Waals surface area contributed by atoms with Crippen LogP contribution in [-0.2, 0) is 4.79 Å². The van der Waals surface area contributed by atoms with Gasteiger partial charge in [-0.1, -0.05) is 35.3 Å². The molecule has 1 atom stereocenters. The summed E-state index contributed by atoms with van der Waals surface area (Å²) in [6.45, 7) is 0. The molecule has 1 saturated carbocycles. The van der Waals surface area contributed by atoms with Crippen molar-refractivity contribution in [2.24, 2.45) is 0 Å². The molecule has 1 fully saturated rings. The molecule has 1 unspecified atom stereocenters. The average Bonchev–Trinajstić information content (AvgIpc) is 3.03. The smallest absolute Gasteiger partial charge is 0.325 e. The van der Waals surface area contributed by atoms with Gasteiger partial charge < -0.3 is 5.11 Å². The maximum Gasteiger partial charge on any atom is 0.325 e. The van der Waals surface area contributed by atoms with Gasteiger partial charge in [0, 0.05) is 11.6 Å². The number of nitrogens with one attached hydrogen (secondary N) is 1. The standard InChI is InChI=1S/C11H11Cl2NO2/c12-8-3-1-2-7(9(8)13)10(11(15)16)14-6-4-5-6/h1-3,6,10,14H,4-5H2,(H,15,16). The third-order valence-corrected chi connectivity index (χ3v) is 3.35. The van der Waals surface area contributed by atoms with E-state index in [-0.39, 0.29) is 6.04 Å². The van der Waals surface area contributed by atoms with Crippen LogP contribution >= 0.6 is 23.2 Å². The first-order valence-corrected chi connectivity index (χ1v) is 5.78. The number of carboxylic acids is 1. The normalized spacial score (nSPS) is 17.1. The summed E-state index contributed by atoms with van der Waals surface area (Å²) < 4.78 is 0. The summed E-state index contributed by atoms with van der Waals surface area (Å²) in [6.07, 6.45) is 2.03. The lowest BCUT2D eigenvalue weighted by Gasteiger charge is -2.16. The molecule has 2 N–H and O–H groups in total. The molecule has 0 radical (unpaired) electrons. The van der Waals surface area contributed by atoms with Crippen LogP contribution in [0.1, 0.15) is 24.4 Å². The molecule has 16 heavy (non-hydrogen) atoms. The molecule has 5 heteroatoms. The van der Waals surface area contributed by atoms with Gasteiger partial charge in [0.1, 0.15) is 6.04 Å². The first-order valence-electron chi connectivity index (χ1n) is 5.02. The van der Waals surface area contributed by atoms with Crippen molar-refractivity contribution in [3.8, 4) is 0 Å². The van der Waals surface area contributed by atoms with Crippen LogP contribution in [0.3, 0.4) is 0 Å². The molecule has 0 amide bonds. The predicted molar refractivity (Wildman–Crippen MR) is 63.0 cm³/mol. The number of carbonyl (C=O) groups is 1. The van der Waals surface area contributed by atoms with E-state index < -0.39 is 12.0 Å². The second-order valence-electron chi connectivity index (χ2n) is 3.86. The summed E-state index contributed by atoms with van der Waals surface area (Å²) in [5, 5.41) is 12.9. The number of carboxylic acid groups (broad SMARTS) is 1. The van der Waals surface area contributed by atoms with Crippen LogP contribution in [0.15, 0.2) is 18.2 Å². The molecule has 0 spiro atoms. The van der Waals surface area contributed by atoms with Crippen molar-refractivity contribution in [3.05, 3.63) is 33.8 Å². The van der Waals surface area contributed by atoms with Crippen molar-refractivity contribution in [1.82, 2.24) is 5.32 Å². The largest absolute Gasteiger partial charge is 0.480 e. The summed E-state index contributed by atoms with van der Waals surface area (Å²) >= 11 is 11.9. The highest BCUT2D eigenvalue weighted by atomic mass is 35.5. The summed E-state index contributed by atoms with van der Waals surface area (Å²) in [4.78, 5) is 11.2. The van der Waals surface area contributed by atoms with E-state index in [2.05, 4.69) is 5.32 Å². The van der Waals surface area contributed by atoms with Gasteiger partial charge in [-0.2, -0.15) is 0 Å². The van der Waals surface area contributed by atoms with Gasteiger partial charge in [-0.25, -0.2) is 0 Å². The lowest BCUT2D eigenvalue weighted by atomic mass is 10.1. The Hall–Kier alpha value is -0.770. The van der Waals surface area contributed by atoms with Gasteiger partial charge in [-0.3, -0.25) is 10.1 Å². The third-order valence-electron chi connectivity index (χ3n) is 2.52. The van der Waals surface area contributed by atoms with Crippen molar-refractivity contribution in [1.29, 1.82) is 0 Å². The van der Waals surface area contributed by atoms with E-state index in [1.54, 1.807) is 18.2 Å². The van der Waals surface area contributed by atoms with Crippen LogP contribution in [-0.4, -0.2) is 17.1 Å². The lowest BCUT2D eigenvalue weighted by molar-refractivity contribution is -0.139. The third kappa shape index (κ3) is 2.48. The molecule has 1 aliphatic carbocycles. The summed E-state index contributed by atoms with van der Waals surface area (Å²) in [6, 6.07) is 4.54. The van der Waals surface area contributed by atoms with Crippen molar-refractivity contribution >= 4 is 29.2 Å². The number of rotatable bonds is 4. The molecule has 0 aromatic heterocycles. The van der Waals surface area contributed by atoms with E-state index in [1.165, 1.54) is 0 Å². The summed E-state index contributed by atoms with van der Waals surface area (Å²) in [7, 11) is 0. The molecule has 0 bridgehead atoms. The molecule has 86 valence electrons. The maximum atomic E-state index is 11.2. The number of halogens is 2. The Morgan fingerprint density at radius 1 is 1.44 bits per heavy atom. The minimum atomic E-state index is -0.934. The quantitative estimate of drug-likeness (QED) is 0.875. The van der Waals surface area contributed by atoms with Crippen LogP contribution in [0, 0.1) is 0 Å². The number of benzene rings is 1. The van der Waals surface area contributed by atoms with Gasteiger partial charge in [-0.15, -0.1) is 0 Å². The first kappa shape index (κ1) is 11.7. The van der Waals surface area contributed by atoms with Crippen molar-refractivity contribution in [2.75, 3.05) is 0 Å². The predicted octanol–water partition coefficient (Wildman–Crippen LogP) is 2.87. The highest BCUT2D eigenvalue weighted by Crippen LogP contribution is 2.32. The minimum absolute atomic E-state index is 0.288. The highest BCUT2D eigenvalue weighted by molar-refractivity contribution is 6.42. The molecule has 0 aliphatic heterocycles. The van der Waals surface area contributed by atoms with E-state index >= 15 is 0 Å². The van der Waals surface area contributed by atoms with Gasteiger partial charge >= 0.3 is 5.97 Å². The van der Waals surface area contributed by atoms with Crippen molar-refractivity contribution < 1.29 is 9.90 Å². The first-order chi connectivity index (χ1) is 7.59. The highest BCUT2D eigenvalue weighted by Gasteiger charge is 2.30. The molecule has 1 aliphatic rings. The van der Waals surface area contributed by atoms with Gasteiger partial charge in [0.15, 0.2) is 0 Å². The Bertz CT molecular complexity index is 418. The fourth-order valence-electron chi connectivity index (χ4n) is 1.52. The zero-order chi connectivity index (χ0) is 11.7. The Kier molecular flexibility index (Phi) is 3.38. The van der Waals surface area contributed by atoms with E-state index in [4.69, 9.17) is 28.3 Å². The molecule has 1 aromatic carbocycles. The van der Waals surface area contributed by atoms with Crippen LogP contribution in [0.25, 0.3) is 0 Å². The van der Waals surface area contributed by atoms with E-state index in [0.717, 1.165) is 12.8 Å². The van der Waals surface area contributed by atoms with Gasteiger partial charge in [0.05, 0.1) is 10.0 Å². The number of hydrogen-bond donors (Lipinski definition) is 2. The SMILES string of the molecule is O=C(O)C(NC1CC1)c1cccc(Cl)c1Cl. The van der Waals surface area contributed by atoms with Crippen LogP contribution in [0.5, 0.6) is 0 Å². The Labute approximate surface area is 103 Å². The monoisotopic (exact) mass is 259 g/mol. The Balaban J connectivity index is 2.29. The van der Waals surface area contributed by atoms with E-state index in [9.17, 15) is 4.79 Å². The Morgan fingerprint density at radius 3 is 2.69 bits per heavy atom. The zero-order valence-electron chi connectivity index (χ0n) is 8.41. The summed E-state index contributed by atoms with van der Waals surface area (Å²) in [5.74, 6) is -0.934. The van der Waals surface area contributed by atoms with E-state index in [1.807, 2.05) is 0 Å². The van der Waals surface area contributed by atoms with Crippen LogP contribution < -0.4 is 5.32 Å².